The summed E-state index contributed by atoms with van der Waals surface area (Å²) < 4.78 is 45.9. The standard InChI is InChI=1S/C14H21FN2O3S/c1-10-6-11(15)4-5-13(10)21(18,19)17-8-12-7-16-9-14(2,3)20-12/h4-6,12,16-17H,7-9H2,1-3H3. The number of sulfonamides is 1. The number of hydrogen-bond donors (Lipinski definition) is 2. The molecule has 5 nitrogen and oxygen atoms in total. The first-order valence-corrected chi connectivity index (χ1v) is 8.32. The Morgan fingerprint density at radius 1 is 1.48 bits per heavy atom. The minimum Gasteiger partial charge on any atom is -0.368 e. The summed E-state index contributed by atoms with van der Waals surface area (Å²) in [6.45, 7) is 6.96. The molecule has 1 aliphatic rings. The van der Waals surface area contributed by atoms with E-state index in [9.17, 15) is 12.8 Å². The lowest BCUT2D eigenvalue weighted by atomic mass is 10.1. The quantitative estimate of drug-likeness (QED) is 0.875. The second-order valence-corrected chi connectivity index (χ2v) is 7.63. The third-order valence-electron chi connectivity index (χ3n) is 3.34. The zero-order valence-electron chi connectivity index (χ0n) is 12.4. The fourth-order valence-corrected chi connectivity index (χ4v) is 3.67. The van der Waals surface area contributed by atoms with E-state index in [1.54, 1.807) is 6.92 Å². The van der Waals surface area contributed by atoms with Gasteiger partial charge in [-0.25, -0.2) is 17.5 Å². The molecule has 0 bridgehead atoms. The summed E-state index contributed by atoms with van der Waals surface area (Å²) in [6, 6.07) is 3.62. The van der Waals surface area contributed by atoms with E-state index >= 15 is 0 Å². The minimum absolute atomic E-state index is 0.0897. The second kappa shape index (κ2) is 6.00. The van der Waals surface area contributed by atoms with Crippen molar-refractivity contribution in [1.29, 1.82) is 0 Å². The van der Waals surface area contributed by atoms with Gasteiger partial charge in [0.2, 0.25) is 10.0 Å². The van der Waals surface area contributed by atoms with Crippen LogP contribution in [0.5, 0.6) is 0 Å². The van der Waals surface area contributed by atoms with Gasteiger partial charge in [0.15, 0.2) is 0 Å². The van der Waals surface area contributed by atoms with Gasteiger partial charge in [0.25, 0.3) is 0 Å². The molecule has 0 saturated carbocycles. The van der Waals surface area contributed by atoms with Crippen molar-refractivity contribution >= 4 is 10.0 Å². The minimum atomic E-state index is -3.67. The molecular weight excluding hydrogens is 295 g/mol. The molecule has 2 rings (SSSR count). The summed E-state index contributed by atoms with van der Waals surface area (Å²) in [7, 11) is -3.67. The average Bonchev–Trinajstić information content (AvgIpc) is 2.35. The molecule has 1 saturated heterocycles. The Labute approximate surface area is 124 Å². The molecule has 118 valence electrons. The predicted octanol–water partition coefficient (Wildman–Crippen LogP) is 1.18. The van der Waals surface area contributed by atoms with Crippen LogP contribution in [0.3, 0.4) is 0 Å². The van der Waals surface area contributed by atoms with E-state index in [1.165, 1.54) is 12.1 Å². The van der Waals surface area contributed by atoms with Crippen LogP contribution in [-0.2, 0) is 14.8 Å². The number of rotatable bonds is 4. The lowest BCUT2D eigenvalue weighted by molar-refractivity contribution is -0.0903. The number of aryl methyl sites for hydroxylation is 1. The number of nitrogens with one attached hydrogen (secondary N) is 2. The Kier molecular flexibility index (Phi) is 4.67. The zero-order valence-corrected chi connectivity index (χ0v) is 13.3. The van der Waals surface area contributed by atoms with E-state index in [0.717, 1.165) is 12.6 Å². The molecule has 1 atom stereocenters. The Balaban J connectivity index is 2.04. The van der Waals surface area contributed by atoms with Crippen molar-refractivity contribution in [2.24, 2.45) is 0 Å². The van der Waals surface area contributed by atoms with Crippen LogP contribution in [0.15, 0.2) is 23.1 Å². The van der Waals surface area contributed by atoms with Crippen LogP contribution in [0.2, 0.25) is 0 Å². The van der Waals surface area contributed by atoms with Gasteiger partial charge in [-0.3, -0.25) is 0 Å². The molecule has 0 spiro atoms. The molecule has 1 aliphatic heterocycles. The van der Waals surface area contributed by atoms with Crippen LogP contribution >= 0.6 is 0 Å². The maximum atomic E-state index is 13.1. The van der Waals surface area contributed by atoms with Gasteiger partial charge in [-0.2, -0.15) is 0 Å². The maximum Gasteiger partial charge on any atom is 0.240 e. The molecule has 1 fully saturated rings. The average molecular weight is 316 g/mol. The molecule has 1 aromatic carbocycles. The van der Waals surface area contributed by atoms with Crippen molar-refractivity contribution in [3.05, 3.63) is 29.6 Å². The van der Waals surface area contributed by atoms with Crippen LogP contribution in [-0.4, -0.2) is 39.8 Å². The van der Waals surface area contributed by atoms with E-state index in [0.29, 0.717) is 12.1 Å². The van der Waals surface area contributed by atoms with Crippen molar-refractivity contribution in [3.8, 4) is 0 Å². The number of ether oxygens (including phenoxy) is 1. The van der Waals surface area contributed by atoms with E-state index in [4.69, 9.17) is 4.74 Å². The molecule has 0 aromatic heterocycles. The van der Waals surface area contributed by atoms with Gasteiger partial charge >= 0.3 is 0 Å². The number of morpholine rings is 1. The zero-order chi connectivity index (χ0) is 15.7. The lowest BCUT2D eigenvalue weighted by Crippen LogP contribution is -2.53. The van der Waals surface area contributed by atoms with Gasteiger partial charge in [-0.1, -0.05) is 0 Å². The smallest absolute Gasteiger partial charge is 0.240 e. The van der Waals surface area contributed by atoms with E-state index in [-0.39, 0.29) is 23.1 Å². The fourth-order valence-electron chi connectivity index (χ4n) is 2.38. The van der Waals surface area contributed by atoms with Crippen LogP contribution in [0.1, 0.15) is 19.4 Å². The summed E-state index contributed by atoms with van der Waals surface area (Å²) in [5.74, 6) is -0.451. The molecule has 2 N–H and O–H groups in total. The summed E-state index contributed by atoms with van der Waals surface area (Å²) in [5, 5.41) is 3.21. The highest BCUT2D eigenvalue weighted by Gasteiger charge is 2.29. The summed E-state index contributed by atoms with van der Waals surface area (Å²) >= 11 is 0. The first kappa shape index (κ1) is 16.4. The Bertz CT molecular complexity index is 617. The first-order chi connectivity index (χ1) is 9.70. The highest BCUT2D eigenvalue weighted by molar-refractivity contribution is 7.89. The van der Waals surface area contributed by atoms with Gasteiger partial charge < -0.3 is 10.1 Å². The Morgan fingerprint density at radius 2 is 2.19 bits per heavy atom. The van der Waals surface area contributed by atoms with Gasteiger partial charge in [0, 0.05) is 19.6 Å². The molecule has 0 aliphatic carbocycles. The molecule has 0 radical (unpaired) electrons. The summed E-state index contributed by atoms with van der Waals surface area (Å²) in [4.78, 5) is 0.0897. The highest BCUT2D eigenvalue weighted by atomic mass is 32.2. The van der Waals surface area contributed by atoms with Crippen molar-refractivity contribution in [2.45, 2.75) is 37.4 Å². The van der Waals surface area contributed by atoms with Crippen LogP contribution in [0.25, 0.3) is 0 Å². The van der Waals surface area contributed by atoms with E-state index < -0.39 is 15.8 Å². The van der Waals surface area contributed by atoms with Gasteiger partial charge in [0.1, 0.15) is 5.82 Å². The molecule has 1 unspecified atom stereocenters. The van der Waals surface area contributed by atoms with Crippen molar-refractivity contribution < 1.29 is 17.5 Å². The Hall–Kier alpha value is -1.02. The van der Waals surface area contributed by atoms with E-state index in [1.807, 2.05) is 13.8 Å². The molecule has 1 aromatic rings. The Morgan fingerprint density at radius 3 is 2.81 bits per heavy atom. The molecule has 7 heteroatoms. The number of halogens is 1. The van der Waals surface area contributed by atoms with Crippen LogP contribution in [0.4, 0.5) is 4.39 Å². The topological polar surface area (TPSA) is 67.4 Å². The van der Waals surface area contributed by atoms with Gasteiger partial charge in [-0.05, 0) is 44.5 Å². The third kappa shape index (κ3) is 4.23. The van der Waals surface area contributed by atoms with Gasteiger partial charge in [0.05, 0.1) is 16.6 Å². The number of hydrogen-bond acceptors (Lipinski definition) is 4. The van der Waals surface area contributed by atoms with Crippen molar-refractivity contribution in [2.75, 3.05) is 19.6 Å². The highest BCUT2D eigenvalue weighted by Crippen LogP contribution is 2.18. The summed E-state index contributed by atoms with van der Waals surface area (Å²) in [6.07, 6.45) is -0.232. The first-order valence-electron chi connectivity index (χ1n) is 6.84. The predicted molar refractivity (Wildman–Crippen MR) is 78.1 cm³/mol. The fraction of sp³-hybridized carbons (Fsp3) is 0.571. The summed E-state index contributed by atoms with van der Waals surface area (Å²) in [5.41, 5.74) is 0.0608. The normalized spacial score (nSPS) is 22.2. The number of benzene rings is 1. The maximum absolute atomic E-state index is 13.1. The monoisotopic (exact) mass is 316 g/mol. The van der Waals surface area contributed by atoms with Crippen molar-refractivity contribution in [3.63, 3.8) is 0 Å². The molecule has 1 heterocycles. The van der Waals surface area contributed by atoms with E-state index in [2.05, 4.69) is 10.0 Å². The second-order valence-electron chi connectivity index (χ2n) is 5.89. The molecular formula is C14H21FN2O3S. The molecule has 0 amide bonds. The SMILES string of the molecule is Cc1cc(F)ccc1S(=O)(=O)NCC1CNCC(C)(C)O1. The van der Waals surface area contributed by atoms with Crippen LogP contribution in [0, 0.1) is 12.7 Å². The van der Waals surface area contributed by atoms with Crippen molar-refractivity contribution in [1.82, 2.24) is 10.0 Å². The van der Waals surface area contributed by atoms with Crippen LogP contribution < -0.4 is 10.0 Å². The third-order valence-corrected chi connectivity index (χ3v) is 4.92. The molecule has 21 heavy (non-hydrogen) atoms. The largest absolute Gasteiger partial charge is 0.368 e. The van der Waals surface area contributed by atoms with Gasteiger partial charge in [-0.15, -0.1) is 0 Å². The lowest BCUT2D eigenvalue weighted by Gasteiger charge is -2.36.